The number of aromatic nitrogens is 1. The lowest BCUT2D eigenvalue weighted by atomic mass is 9.89. The number of hydrogen-bond donors (Lipinski definition) is 0. The Kier molecular flexibility index (Phi) is 17.7. The molecule has 202 valence electrons. The third-order valence-electron chi connectivity index (χ3n) is 7.75. The molecule has 4 heteroatoms. The smallest absolute Gasteiger partial charge is 0.223 e. The van der Waals surface area contributed by atoms with E-state index in [0.717, 1.165) is 24.6 Å². The third kappa shape index (κ3) is 13.9. The van der Waals surface area contributed by atoms with Gasteiger partial charge in [-0.25, -0.2) is 0 Å². The number of halogens is 1. The molecule has 0 radical (unpaired) electrons. The molecular formula is C31H54BrNO2. The summed E-state index contributed by atoms with van der Waals surface area (Å²) in [6.07, 6.45) is 30.5. The fourth-order valence-electron chi connectivity index (χ4n) is 5.47. The van der Waals surface area contributed by atoms with Crippen LogP contribution in [0.1, 0.15) is 147 Å². The van der Waals surface area contributed by atoms with Crippen molar-refractivity contribution in [1.29, 1.82) is 0 Å². The number of nitrogens with zero attached hydrogens (tertiary/aromatic N) is 1. The van der Waals surface area contributed by atoms with Crippen LogP contribution in [0, 0.1) is 5.92 Å². The van der Waals surface area contributed by atoms with Gasteiger partial charge in [0.1, 0.15) is 0 Å². The SMILES string of the molecule is CCCCCCCCCCCCCCCCCCOc1cn(CC2CCCCC2)c(CBr)cc1=O. The van der Waals surface area contributed by atoms with Gasteiger partial charge in [-0.2, -0.15) is 0 Å². The normalized spacial score (nSPS) is 14.5. The zero-order valence-electron chi connectivity index (χ0n) is 22.8. The quantitative estimate of drug-likeness (QED) is 0.112. The van der Waals surface area contributed by atoms with Gasteiger partial charge >= 0.3 is 0 Å². The van der Waals surface area contributed by atoms with Gasteiger partial charge in [0.05, 0.1) is 12.8 Å². The predicted molar refractivity (Wildman–Crippen MR) is 155 cm³/mol. The highest BCUT2D eigenvalue weighted by Gasteiger charge is 2.16. The number of hydrogen-bond acceptors (Lipinski definition) is 2. The summed E-state index contributed by atoms with van der Waals surface area (Å²) in [6.45, 7) is 3.96. The Balaban J connectivity index is 1.48. The summed E-state index contributed by atoms with van der Waals surface area (Å²) >= 11 is 3.56. The van der Waals surface area contributed by atoms with E-state index in [-0.39, 0.29) is 5.43 Å². The average molecular weight is 553 g/mol. The van der Waals surface area contributed by atoms with Crippen LogP contribution < -0.4 is 10.2 Å². The Bertz CT molecular complexity index is 696. The maximum Gasteiger partial charge on any atom is 0.223 e. The van der Waals surface area contributed by atoms with Gasteiger partial charge in [-0.05, 0) is 25.2 Å². The minimum absolute atomic E-state index is 0.0239. The number of ether oxygens (including phenoxy) is 1. The summed E-state index contributed by atoms with van der Waals surface area (Å²) in [6, 6.07) is 1.76. The Morgan fingerprint density at radius 3 is 1.83 bits per heavy atom. The van der Waals surface area contributed by atoms with Crippen LogP contribution >= 0.6 is 15.9 Å². The van der Waals surface area contributed by atoms with Crippen molar-refractivity contribution < 1.29 is 4.74 Å². The van der Waals surface area contributed by atoms with E-state index in [4.69, 9.17) is 4.74 Å². The largest absolute Gasteiger partial charge is 0.488 e. The van der Waals surface area contributed by atoms with Crippen LogP contribution in [0.4, 0.5) is 0 Å². The first kappa shape index (κ1) is 30.5. The van der Waals surface area contributed by atoms with E-state index in [0.29, 0.717) is 17.7 Å². The Labute approximate surface area is 224 Å². The lowest BCUT2D eigenvalue weighted by Gasteiger charge is -2.24. The van der Waals surface area contributed by atoms with Crippen LogP contribution in [-0.2, 0) is 11.9 Å². The Hall–Kier alpha value is -0.770. The molecule has 1 fully saturated rings. The fourth-order valence-corrected chi connectivity index (χ4v) is 5.95. The van der Waals surface area contributed by atoms with E-state index >= 15 is 0 Å². The van der Waals surface area contributed by atoms with Gasteiger partial charge in [0.15, 0.2) is 5.75 Å². The second kappa shape index (κ2) is 20.3. The van der Waals surface area contributed by atoms with Gasteiger partial charge in [0, 0.05) is 23.6 Å². The molecule has 0 aromatic carbocycles. The highest BCUT2D eigenvalue weighted by atomic mass is 79.9. The van der Waals surface area contributed by atoms with E-state index in [2.05, 4.69) is 27.4 Å². The van der Waals surface area contributed by atoms with Crippen molar-refractivity contribution in [2.24, 2.45) is 5.92 Å². The van der Waals surface area contributed by atoms with Gasteiger partial charge in [-0.15, -0.1) is 0 Å². The molecular weight excluding hydrogens is 498 g/mol. The van der Waals surface area contributed by atoms with Crippen molar-refractivity contribution in [2.45, 2.75) is 154 Å². The molecule has 0 N–H and O–H groups in total. The molecule has 0 spiro atoms. The number of alkyl halides is 1. The first-order valence-electron chi connectivity index (χ1n) is 15.2. The summed E-state index contributed by atoms with van der Waals surface area (Å²) in [4.78, 5) is 12.5. The van der Waals surface area contributed by atoms with Crippen molar-refractivity contribution in [2.75, 3.05) is 6.61 Å². The second-order valence-corrected chi connectivity index (χ2v) is 11.5. The average Bonchev–Trinajstić information content (AvgIpc) is 2.88. The van der Waals surface area contributed by atoms with E-state index < -0.39 is 0 Å². The zero-order valence-corrected chi connectivity index (χ0v) is 24.4. The first-order valence-corrected chi connectivity index (χ1v) is 16.3. The van der Waals surface area contributed by atoms with E-state index in [9.17, 15) is 4.79 Å². The monoisotopic (exact) mass is 551 g/mol. The van der Waals surface area contributed by atoms with Crippen molar-refractivity contribution in [3.05, 3.63) is 28.2 Å². The number of pyridine rings is 1. The molecule has 0 aliphatic heterocycles. The topological polar surface area (TPSA) is 31.2 Å². The van der Waals surface area contributed by atoms with Gasteiger partial charge in [0.2, 0.25) is 5.43 Å². The van der Waals surface area contributed by atoms with E-state index in [1.165, 1.54) is 128 Å². The highest BCUT2D eigenvalue weighted by Crippen LogP contribution is 2.26. The van der Waals surface area contributed by atoms with Crippen LogP contribution in [0.2, 0.25) is 0 Å². The van der Waals surface area contributed by atoms with Crippen LogP contribution in [-0.4, -0.2) is 11.2 Å². The van der Waals surface area contributed by atoms with Crippen molar-refractivity contribution in [3.63, 3.8) is 0 Å². The Morgan fingerprint density at radius 1 is 0.800 bits per heavy atom. The molecule has 0 amide bonds. The molecule has 0 unspecified atom stereocenters. The van der Waals surface area contributed by atoms with Crippen molar-refractivity contribution >= 4 is 15.9 Å². The summed E-state index contributed by atoms with van der Waals surface area (Å²) < 4.78 is 8.20. The van der Waals surface area contributed by atoms with Gasteiger partial charge < -0.3 is 9.30 Å². The van der Waals surface area contributed by atoms with Crippen LogP contribution in [0.5, 0.6) is 5.75 Å². The van der Waals surface area contributed by atoms with E-state index in [1.54, 1.807) is 6.07 Å². The van der Waals surface area contributed by atoms with Crippen molar-refractivity contribution in [1.82, 2.24) is 4.57 Å². The second-order valence-electron chi connectivity index (χ2n) is 10.9. The minimum Gasteiger partial charge on any atom is -0.488 e. The number of unbranched alkanes of at least 4 members (excludes halogenated alkanes) is 15. The molecule has 1 aromatic heterocycles. The molecule has 1 aliphatic rings. The fraction of sp³-hybridized carbons (Fsp3) is 0.839. The molecule has 0 atom stereocenters. The summed E-state index contributed by atoms with van der Waals surface area (Å²) in [5, 5.41) is 0.717. The molecule has 0 saturated heterocycles. The standard InChI is InChI=1S/C31H54BrNO2/c1-2-3-4-5-6-7-8-9-10-11-12-13-14-15-16-20-23-35-31-27-33(29(25-32)24-30(31)34)26-28-21-18-17-19-22-28/h24,27-28H,2-23,25-26H2,1H3. The molecule has 3 nitrogen and oxygen atoms in total. The predicted octanol–water partition coefficient (Wildman–Crippen LogP) is 9.96. The van der Waals surface area contributed by atoms with Crippen LogP contribution in [0.25, 0.3) is 0 Å². The molecule has 1 aliphatic carbocycles. The molecule has 35 heavy (non-hydrogen) atoms. The summed E-state index contributed by atoms with van der Waals surface area (Å²) in [5.74, 6) is 1.27. The van der Waals surface area contributed by atoms with Crippen LogP contribution in [0.15, 0.2) is 17.1 Å². The van der Waals surface area contributed by atoms with Gasteiger partial charge in [0.25, 0.3) is 0 Å². The van der Waals surface area contributed by atoms with Gasteiger partial charge in [-0.3, -0.25) is 4.79 Å². The van der Waals surface area contributed by atoms with E-state index in [1.807, 2.05) is 6.20 Å². The van der Waals surface area contributed by atoms with Crippen LogP contribution in [0.3, 0.4) is 0 Å². The van der Waals surface area contributed by atoms with Crippen molar-refractivity contribution in [3.8, 4) is 5.75 Å². The highest BCUT2D eigenvalue weighted by molar-refractivity contribution is 9.08. The zero-order chi connectivity index (χ0) is 25.0. The summed E-state index contributed by atoms with van der Waals surface area (Å²) in [5.41, 5.74) is 1.09. The molecule has 0 bridgehead atoms. The molecule has 1 aromatic rings. The maximum absolute atomic E-state index is 12.5. The lowest BCUT2D eigenvalue weighted by molar-refractivity contribution is 0.290. The lowest BCUT2D eigenvalue weighted by Crippen LogP contribution is -2.20. The summed E-state index contributed by atoms with van der Waals surface area (Å²) in [7, 11) is 0. The molecule has 1 heterocycles. The Morgan fingerprint density at radius 2 is 1.31 bits per heavy atom. The molecule has 1 saturated carbocycles. The van der Waals surface area contributed by atoms with Gasteiger partial charge in [-0.1, -0.05) is 138 Å². The molecule has 2 rings (SSSR count). The third-order valence-corrected chi connectivity index (χ3v) is 8.33. The number of rotatable bonds is 21. The maximum atomic E-state index is 12.5. The first-order chi connectivity index (χ1) is 17.2. The minimum atomic E-state index is 0.0239.